The highest BCUT2D eigenvalue weighted by molar-refractivity contribution is 4.77. The van der Waals surface area contributed by atoms with Crippen molar-refractivity contribution in [3.63, 3.8) is 0 Å². The fraction of sp³-hybridized carbons (Fsp3) is 0.889. The smallest absolute Gasteiger partial charge is 0.0598 e. The first-order valence-corrected chi connectivity index (χ1v) is 4.49. The molecule has 0 amide bonds. The monoisotopic (exact) mass is 156 g/mol. The molecule has 0 aromatic heterocycles. The van der Waals surface area contributed by atoms with Gasteiger partial charge in [-0.2, -0.15) is 0 Å². The van der Waals surface area contributed by atoms with E-state index in [9.17, 15) is 0 Å². The van der Waals surface area contributed by atoms with Crippen LogP contribution < -0.4 is 0 Å². The van der Waals surface area contributed by atoms with Gasteiger partial charge in [0.05, 0.1) is 6.61 Å². The van der Waals surface area contributed by atoms with E-state index in [0.717, 1.165) is 26.2 Å². The number of rotatable bonds is 4. The molecule has 1 atom stereocenters. The molecule has 1 aliphatic rings. The van der Waals surface area contributed by atoms with E-state index < -0.39 is 0 Å². The molecular formula is C9H18NO-. The van der Waals surface area contributed by atoms with Gasteiger partial charge in [0.1, 0.15) is 0 Å². The van der Waals surface area contributed by atoms with Crippen molar-refractivity contribution in [1.82, 2.24) is 4.90 Å². The molecule has 0 aromatic rings. The molecular weight excluding hydrogens is 138 g/mol. The molecule has 1 rings (SSSR count). The van der Waals surface area contributed by atoms with Gasteiger partial charge in [-0.1, -0.05) is 6.92 Å². The van der Waals surface area contributed by atoms with E-state index in [4.69, 9.17) is 4.74 Å². The molecule has 2 heteroatoms. The molecule has 0 aromatic carbocycles. The van der Waals surface area contributed by atoms with Crippen LogP contribution in [0.25, 0.3) is 0 Å². The first-order chi connectivity index (χ1) is 5.34. The molecule has 2 nitrogen and oxygen atoms in total. The van der Waals surface area contributed by atoms with Crippen molar-refractivity contribution in [3.8, 4) is 0 Å². The van der Waals surface area contributed by atoms with Crippen LogP contribution in [0.15, 0.2) is 0 Å². The lowest BCUT2D eigenvalue weighted by Gasteiger charge is -2.26. The zero-order chi connectivity index (χ0) is 8.10. The molecule has 1 fully saturated rings. The second-order valence-corrected chi connectivity index (χ2v) is 3.18. The molecule has 0 bridgehead atoms. The maximum atomic E-state index is 5.46. The van der Waals surface area contributed by atoms with Crippen molar-refractivity contribution in [3.05, 3.63) is 7.05 Å². The Labute approximate surface area is 69.5 Å². The van der Waals surface area contributed by atoms with Gasteiger partial charge in [0.15, 0.2) is 0 Å². The lowest BCUT2D eigenvalue weighted by molar-refractivity contribution is 0.0912. The highest BCUT2D eigenvalue weighted by Gasteiger charge is 2.15. The Hall–Kier alpha value is -0.0800. The van der Waals surface area contributed by atoms with Crippen molar-refractivity contribution in [2.24, 2.45) is 0 Å². The van der Waals surface area contributed by atoms with Gasteiger partial charge in [-0.3, -0.25) is 7.05 Å². The van der Waals surface area contributed by atoms with Gasteiger partial charge in [0.2, 0.25) is 0 Å². The summed E-state index contributed by atoms with van der Waals surface area (Å²) in [5.41, 5.74) is 0. The van der Waals surface area contributed by atoms with Crippen molar-refractivity contribution in [2.75, 3.05) is 19.8 Å². The van der Waals surface area contributed by atoms with E-state index >= 15 is 0 Å². The summed E-state index contributed by atoms with van der Waals surface area (Å²) in [7, 11) is 3.95. The van der Waals surface area contributed by atoms with Gasteiger partial charge in [0.25, 0.3) is 0 Å². The van der Waals surface area contributed by atoms with Crippen LogP contribution >= 0.6 is 0 Å². The summed E-state index contributed by atoms with van der Waals surface area (Å²) in [6.45, 7) is 5.04. The molecule has 0 saturated carbocycles. The lowest BCUT2D eigenvalue weighted by Crippen LogP contribution is -2.27. The van der Waals surface area contributed by atoms with Crippen LogP contribution in [0.2, 0.25) is 0 Å². The van der Waals surface area contributed by atoms with Gasteiger partial charge < -0.3 is 9.64 Å². The number of hydrogen-bond donors (Lipinski definition) is 0. The van der Waals surface area contributed by atoms with E-state index in [-0.39, 0.29) is 0 Å². The first-order valence-electron chi connectivity index (χ1n) is 4.49. The summed E-state index contributed by atoms with van der Waals surface area (Å²) in [4.78, 5) is 2.15. The summed E-state index contributed by atoms with van der Waals surface area (Å²) >= 11 is 0. The summed E-state index contributed by atoms with van der Waals surface area (Å²) < 4.78 is 5.46. The Morgan fingerprint density at radius 3 is 3.00 bits per heavy atom. The number of ether oxygens (including phenoxy) is 1. The normalized spacial score (nSPS) is 26.2. The molecule has 1 heterocycles. The third kappa shape index (κ3) is 2.80. The summed E-state index contributed by atoms with van der Waals surface area (Å²) in [5, 5.41) is 0. The Bertz CT molecular complexity index is 106. The van der Waals surface area contributed by atoms with Crippen molar-refractivity contribution in [2.45, 2.75) is 32.2 Å². The van der Waals surface area contributed by atoms with Crippen LogP contribution in [0.1, 0.15) is 26.2 Å². The van der Waals surface area contributed by atoms with E-state index in [1.807, 2.05) is 0 Å². The van der Waals surface area contributed by atoms with E-state index in [0.29, 0.717) is 6.04 Å². The van der Waals surface area contributed by atoms with Gasteiger partial charge in [0, 0.05) is 12.6 Å². The molecule has 0 unspecified atom stereocenters. The molecule has 0 aliphatic carbocycles. The average molecular weight is 156 g/mol. The highest BCUT2D eigenvalue weighted by atomic mass is 16.5. The fourth-order valence-corrected chi connectivity index (χ4v) is 1.45. The van der Waals surface area contributed by atoms with Gasteiger partial charge in [-0.15, -0.1) is 0 Å². The largest absolute Gasteiger partial charge is 0.455 e. The van der Waals surface area contributed by atoms with E-state index in [1.165, 1.54) is 12.8 Å². The van der Waals surface area contributed by atoms with Crippen molar-refractivity contribution in [1.29, 1.82) is 0 Å². The number of likely N-dealkylation sites (tertiary alicyclic amines) is 1. The summed E-state index contributed by atoms with van der Waals surface area (Å²) in [6.07, 6.45) is 3.65. The van der Waals surface area contributed by atoms with Gasteiger partial charge >= 0.3 is 0 Å². The number of hydrogen-bond acceptors (Lipinski definition) is 2. The van der Waals surface area contributed by atoms with Crippen LogP contribution in [-0.2, 0) is 4.74 Å². The van der Waals surface area contributed by atoms with Gasteiger partial charge in [-0.25, -0.2) is 0 Å². The zero-order valence-corrected chi connectivity index (χ0v) is 7.38. The molecule has 0 radical (unpaired) electrons. The van der Waals surface area contributed by atoms with Crippen LogP contribution in [-0.4, -0.2) is 30.7 Å². The fourth-order valence-electron chi connectivity index (χ4n) is 1.45. The SMILES string of the molecule is [CH2-]N1CCC[C@@H]1COCCC. The second-order valence-electron chi connectivity index (χ2n) is 3.18. The zero-order valence-electron chi connectivity index (χ0n) is 7.38. The minimum atomic E-state index is 0.585. The molecule has 1 aliphatic heterocycles. The second kappa shape index (κ2) is 4.73. The number of nitrogens with zero attached hydrogens (tertiary/aromatic N) is 1. The van der Waals surface area contributed by atoms with Crippen molar-refractivity contribution >= 4 is 0 Å². The average Bonchev–Trinajstić information content (AvgIpc) is 2.37. The molecule has 66 valence electrons. The first kappa shape index (κ1) is 9.01. The minimum absolute atomic E-state index is 0.585. The van der Waals surface area contributed by atoms with Crippen LogP contribution in [0.5, 0.6) is 0 Å². The lowest BCUT2D eigenvalue weighted by atomic mass is 10.2. The third-order valence-electron chi connectivity index (χ3n) is 2.16. The predicted molar refractivity (Wildman–Crippen MR) is 46.2 cm³/mol. The molecule has 11 heavy (non-hydrogen) atoms. The Morgan fingerprint density at radius 2 is 2.45 bits per heavy atom. The Morgan fingerprint density at radius 1 is 1.64 bits per heavy atom. The highest BCUT2D eigenvalue weighted by Crippen LogP contribution is 2.15. The van der Waals surface area contributed by atoms with Crippen LogP contribution in [0.4, 0.5) is 0 Å². The Kier molecular flexibility index (Phi) is 3.87. The quantitative estimate of drug-likeness (QED) is 0.453. The maximum Gasteiger partial charge on any atom is 0.0598 e. The topological polar surface area (TPSA) is 12.5 Å². The van der Waals surface area contributed by atoms with Crippen LogP contribution in [0.3, 0.4) is 0 Å². The molecule has 1 saturated heterocycles. The van der Waals surface area contributed by atoms with E-state index in [1.54, 1.807) is 0 Å². The standard InChI is InChI=1S/C9H18NO/c1-3-7-11-8-9-5-4-6-10(9)2/h9H,2-8H2,1H3/q-1/t9-/m1/s1. The molecule has 0 N–H and O–H groups in total. The maximum absolute atomic E-state index is 5.46. The predicted octanol–water partition coefficient (Wildman–Crippen LogP) is 1.67. The molecule has 0 spiro atoms. The van der Waals surface area contributed by atoms with Crippen LogP contribution in [0, 0.1) is 7.05 Å². The minimum Gasteiger partial charge on any atom is -0.455 e. The summed E-state index contributed by atoms with van der Waals surface area (Å²) in [5.74, 6) is 0. The van der Waals surface area contributed by atoms with Crippen molar-refractivity contribution < 1.29 is 4.74 Å². The van der Waals surface area contributed by atoms with Gasteiger partial charge in [-0.05, 0) is 25.8 Å². The summed E-state index contributed by atoms with van der Waals surface area (Å²) in [6, 6.07) is 0.585. The Balaban J connectivity index is 2.05. The third-order valence-corrected chi connectivity index (χ3v) is 2.16. The van der Waals surface area contributed by atoms with E-state index in [2.05, 4.69) is 18.9 Å².